The number of hydrogen-bond acceptors (Lipinski definition) is 2. The summed E-state index contributed by atoms with van der Waals surface area (Å²) in [5.74, 6) is -0.179. The highest BCUT2D eigenvalue weighted by Crippen LogP contribution is 2.22. The van der Waals surface area contributed by atoms with Crippen LogP contribution in [0.3, 0.4) is 0 Å². The zero-order valence-electron chi connectivity index (χ0n) is 10.4. The Kier molecular flexibility index (Phi) is 3.26. The van der Waals surface area contributed by atoms with Gasteiger partial charge in [0.2, 0.25) is 0 Å². The average molecular weight is 309 g/mol. The second-order valence-corrected chi connectivity index (χ2v) is 5.02. The van der Waals surface area contributed by atoms with Crippen LogP contribution in [0.25, 0.3) is 5.82 Å². The smallest absolute Gasteiger partial charge is 0.337 e. The quantitative estimate of drug-likeness (QED) is 0.926. The topological polar surface area (TPSA) is 55.1 Å². The van der Waals surface area contributed by atoms with Gasteiger partial charge in [-0.1, -0.05) is 0 Å². The number of nitrogens with zero attached hydrogens (tertiary/aromatic N) is 2. The summed E-state index contributed by atoms with van der Waals surface area (Å²) < 4.78 is 2.79. The van der Waals surface area contributed by atoms with Gasteiger partial charge in [0.1, 0.15) is 5.82 Å². The molecule has 0 bridgehead atoms. The normalized spacial score (nSPS) is 10.7. The molecule has 0 saturated heterocycles. The standard InChI is InChI=1S/C13H13BrN2O2/c1-7-6-10(13(17)18)9(3)16(7)12-5-4-11(14)8(2)15-12/h4-6H,1-3H3,(H,17,18). The van der Waals surface area contributed by atoms with Gasteiger partial charge in [0.25, 0.3) is 0 Å². The van der Waals surface area contributed by atoms with Crippen LogP contribution in [0.4, 0.5) is 0 Å². The monoisotopic (exact) mass is 308 g/mol. The van der Waals surface area contributed by atoms with Gasteiger partial charge in [0, 0.05) is 15.9 Å². The molecule has 0 fully saturated rings. The molecule has 18 heavy (non-hydrogen) atoms. The molecule has 0 spiro atoms. The van der Waals surface area contributed by atoms with Crippen molar-refractivity contribution >= 4 is 21.9 Å². The van der Waals surface area contributed by atoms with E-state index in [-0.39, 0.29) is 0 Å². The highest BCUT2D eigenvalue weighted by Gasteiger charge is 2.16. The van der Waals surface area contributed by atoms with E-state index in [9.17, 15) is 4.79 Å². The van der Waals surface area contributed by atoms with Gasteiger partial charge in [-0.25, -0.2) is 9.78 Å². The lowest BCUT2D eigenvalue weighted by molar-refractivity contribution is 0.0696. The van der Waals surface area contributed by atoms with Gasteiger partial charge in [-0.3, -0.25) is 0 Å². The molecule has 5 heteroatoms. The van der Waals surface area contributed by atoms with E-state index in [0.717, 1.165) is 21.7 Å². The molecule has 0 aromatic carbocycles. The number of hydrogen-bond donors (Lipinski definition) is 1. The van der Waals surface area contributed by atoms with Gasteiger partial charge in [-0.15, -0.1) is 0 Å². The number of aromatic carboxylic acids is 1. The number of aromatic nitrogens is 2. The zero-order valence-corrected chi connectivity index (χ0v) is 11.9. The fourth-order valence-corrected chi connectivity index (χ4v) is 2.21. The Morgan fingerprint density at radius 1 is 1.33 bits per heavy atom. The van der Waals surface area contributed by atoms with Gasteiger partial charge in [-0.2, -0.15) is 0 Å². The van der Waals surface area contributed by atoms with Crippen molar-refractivity contribution in [2.24, 2.45) is 0 Å². The van der Waals surface area contributed by atoms with E-state index in [1.807, 2.05) is 30.5 Å². The first-order chi connectivity index (χ1) is 8.41. The van der Waals surface area contributed by atoms with E-state index in [0.29, 0.717) is 11.3 Å². The number of carbonyl (C=O) groups is 1. The van der Waals surface area contributed by atoms with Crippen LogP contribution in [0.2, 0.25) is 0 Å². The van der Waals surface area contributed by atoms with E-state index < -0.39 is 5.97 Å². The lowest BCUT2D eigenvalue weighted by Gasteiger charge is -2.09. The molecular weight excluding hydrogens is 296 g/mol. The van der Waals surface area contributed by atoms with E-state index in [2.05, 4.69) is 20.9 Å². The Balaban J connectivity index is 2.64. The third-order valence-electron chi connectivity index (χ3n) is 2.90. The summed E-state index contributed by atoms with van der Waals surface area (Å²) >= 11 is 3.40. The first-order valence-electron chi connectivity index (χ1n) is 5.47. The third-order valence-corrected chi connectivity index (χ3v) is 3.74. The van der Waals surface area contributed by atoms with Gasteiger partial charge in [0.15, 0.2) is 0 Å². The summed E-state index contributed by atoms with van der Waals surface area (Å²) in [6.07, 6.45) is 0. The largest absolute Gasteiger partial charge is 0.478 e. The fourth-order valence-electron chi connectivity index (χ4n) is 1.99. The molecule has 0 aliphatic heterocycles. The maximum Gasteiger partial charge on any atom is 0.337 e. The van der Waals surface area contributed by atoms with Crippen molar-refractivity contribution in [3.05, 3.63) is 45.3 Å². The number of halogens is 1. The highest BCUT2D eigenvalue weighted by molar-refractivity contribution is 9.10. The maximum atomic E-state index is 11.1. The Hall–Kier alpha value is -1.62. The van der Waals surface area contributed by atoms with Crippen molar-refractivity contribution in [1.29, 1.82) is 0 Å². The Morgan fingerprint density at radius 3 is 2.50 bits per heavy atom. The summed E-state index contributed by atoms with van der Waals surface area (Å²) in [7, 11) is 0. The van der Waals surface area contributed by atoms with Crippen LogP contribution >= 0.6 is 15.9 Å². The molecular formula is C13H13BrN2O2. The van der Waals surface area contributed by atoms with Crippen molar-refractivity contribution in [3.8, 4) is 5.82 Å². The molecule has 2 aromatic heterocycles. The molecule has 0 unspecified atom stereocenters. The number of carboxylic acid groups (broad SMARTS) is 1. The number of rotatable bonds is 2. The summed E-state index contributed by atoms with van der Waals surface area (Å²) in [5, 5.41) is 9.11. The molecule has 2 heterocycles. The predicted octanol–water partition coefficient (Wildman–Crippen LogP) is 3.26. The lowest BCUT2D eigenvalue weighted by atomic mass is 10.2. The number of aryl methyl sites for hydroxylation is 2. The average Bonchev–Trinajstić information content (AvgIpc) is 2.59. The zero-order chi connectivity index (χ0) is 13.4. The van der Waals surface area contributed by atoms with Crippen LogP contribution in [0, 0.1) is 20.8 Å². The van der Waals surface area contributed by atoms with Gasteiger partial charge < -0.3 is 9.67 Å². The summed E-state index contributed by atoms with van der Waals surface area (Å²) in [6.45, 7) is 5.56. The highest BCUT2D eigenvalue weighted by atomic mass is 79.9. The van der Waals surface area contributed by atoms with Crippen LogP contribution in [0.15, 0.2) is 22.7 Å². The first kappa shape index (κ1) is 12.8. The van der Waals surface area contributed by atoms with Crippen LogP contribution in [0.1, 0.15) is 27.4 Å². The van der Waals surface area contributed by atoms with E-state index in [1.165, 1.54) is 0 Å². The molecule has 0 atom stereocenters. The molecule has 94 valence electrons. The van der Waals surface area contributed by atoms with Crippen molar-refractivity contribution in [2.45, 2.75) is 20.8 Å². The fraction of sp³-hybridized carbons (Fsp3) is 0.231. The summed E-state index contributed by atoms with van der Waals surface area (Å²) in [4.78, 5) is 15.6. The van der Waals surface area contributed by atoms with Crippen molar-refractivity contribution in [2.75, 3.05) is 0 Å². The van der Waals surface area contributed by atoms with Crippen LogP contribution in [0.5, 0.6) is 0 Å². The number of carboxylic acids is 1. The summed E-state index contributed by atoms with van der Waals surface area (Å²) in [6, 6.07) is 5.44. The molecule has 2 aromatic rings. The van der Waals surface area contributed by atoms with Crippen molar-refractivity contribution in [1.82, 2.24) is 9.55 Å². The Labute approximate surface area is 113 Å². The van der Waals surface area contributed by atoms with Crippen molar-refractivity contribution < 1.29 is 9.90 Å². The van der Waals surface area contributed by atoms with Crippen LogP contribution < -0.4 is 0 Å². The third kappa shape index (κ3) is 2.06. The minimum absolute atomic E-state index is 0.315. The van der Waals surface area contributed by atoms with E-state index in [1.54, 1.807) is 13.0 Å². The Bertz CT molecular complexity index is 632. The molecule has 0 aliphatic carbocycles. The van der Waals surface area contributed by atoms with Gasteiger partial charge in [-0.05, 0) is 54.9 Å². The molecule has 0 aliphatic rings. The second kappa shape index (κ2) is 4.57. The van der Waals surface area contributed by atoms with Crippen LogP contribution in [-0.2, 0) is 0 Å². The lowest BCUT2D eigenvalue weighted by Crippen LogP contribution is -2.05. The molecule has 2 rings (SSSR count). The molecule has 0 radical (unpaired) electrons. The Morgan fingerprint density at radius 2 is 2.00 bits per heavy atom. The predicted molar refractivity (Wildman–Crippen MR) is 72.4 cm³/mol. The first-order valence-corrected chi connectivity index (χ1v) is 6.27. The molecule has 4 nitrogen and oxygen atoms in total. The molecule has 0 amide bonds. The van der Waals surface area contributed by atoms with Crippen LogP contribution in [-0.4, -0.2) is 20.6 Å². The SMILES string of the molecule is Cc1nc(-n2c(C)cc(C(=O)O)c2C)ccc1Br. The van der Waals surface area contributed by atoms with Gasteiger partial charge >= 0.3 is 5.97 Å². The summed E-state index contributed by atoms with van der Waals surface area (Å²) in [5.41, 5.74) is 2.74. The minimum atomic E-state index is -0.914. The van der Waals surface area contributed by atoms with E-state index >= 15 is 0 Å². The minimum Gasteiger partial charge on any atom is -0.478 e. The van der Waals surface area contributed by atoms with Gasteiger partial charge in [0.05, 0.1) is 11.3 Å². The molecule has 0 saturated carbocycles. The second-order valence-electron chi connectivity index (χ2n) is 4.16. The van der Waals surface area contributed by atoms with E-state index in [4.69, 9.17) is 5.11 Å². The molecule has 1 N–H and O–H groups in total. The number of pyridine rings is 1. The van der Waals surface area contributed by atoms with Crippen molar-refractivity contribution in [3.63, 3.8) is 0 Å². The maximum absolute atomic E-state index is 11.1.